The van der Waals surface area contributed by atoms with Gasteiger partial charge in [0.2, 0.25) is 5.91 Å². The van der Waals surface area contributed by atoms with Gasteiger partial charge in [0.05, 0.1) is 10.2 Å². The molecule has 1 amide bonds. The number of amides is 1. The lowest BCUT2D eigenvalue weighted by Crippen LogP contribution is -2.43. The zero-order chi connectivity index (χ0) is 22.7. The van der Waals surface area contributed by atoms with Gasteiger partial charge in [-0.05, 0) is 50.1 Å². The smallest absolute Gasteiger partial charge is 0.269 e. The van der Waals surface area contributed by atoms with Crippen molar-refractivity contribution in [3.8, 4) is 11.5 Å². The average molecular weight is 457 g/mol. The molecule has 2 aromatic rings. The van der Waals surface area contributed by atoms with Crippen LogP contribution in [0.15, 0.2) is 47.4 Å². The summed E-state index contributed by atoms with van der Waals surface area (Å²) < 4.78 is 11.1. The number of carbonyl (C=O) groups is 2. The third-order valence-electron chi connectivity index (χ3n) is 5.71. The molecule has 168 valence electrons. The fourth-order valence-corrected chi connectivity index (χ4v) is 4.90. The second kappa shape index (κ2) is 9.60. The number of hydrogen-bond donors (Lipinski definition) is 0. The van der Waals surface area contributed by atoms with Gasteiger partial charge in [0.1, 0.15) is 13.2 Å². The van der Waals surface area contributed by atoms with Gasteiger partial charge < -0.3 is 14.4 Å². The number of non-ortho nitro benzene ring substituents is 1. The maximum atomic E-state index is 13.0. The second-order valence-electron chi connectivity index (χ2n) is 7.83. The highest BCUT2D eigenvalue weighted by molar-refractivity contribution is 8.00. The summed E-state index contributed by atoms with van der Waals surface area (Å²) in [5.41, 5.74) is 0.638. The van der Waals surface area contributed by atoms with E-state index in [0.717, 1.165) is 4.90 Å². The normalized spacial score (nSPS) is 17.0. The molecule has 0 bridgehead atoms. The molecule has 2 aliphatic heterocycles. The van der Waals surface area contributed by atoms with Crippen molar-refractivity contribution in [2.75, 3.05) is 26.3 Å². The molecule has 2 aromatic carbocycles. The van der Waals surface area contributed by atoms with Crippen LogP contribution in [0.1, 0.15) is 30.1 Å². The second-order valence-corrected chi connectivity index (χ2v) is 9.25. The number of nitro groups is 1. The molecule has 1 unspecified atom stereocenters. The van der Waals surface area contributed by atoms with E-state index in [-0.39, 0.29) is 28.5 Å². The lowest BCUT2D eigenvalue weighted by atomic mass is 9.88. The first-order valence-electron chi connectivity index (χ1n) is 10.6. The minimum Gasteiger partial charge on any atom is -0.486 e. The molecule has 2 heterocycles. The van der Waals surface area contributed by atoms with Crippen molar-refractivity contribution in [1.82, 2.24) is 4.90 Å². The molecule has 0 saturated carbocycles. The lowest BCUT2D eigenvalue weighted by molar-refractivity contribution is -0.384. The maximum Gasteiger partial charge on any atom is 0.269 e. The van der Waals surface area contributed by atoms with Gasteiger partial charge in [-0.3, -0.25) is 19.7 Å². The molecule has 0 radical (unpaired) electrons. The Balaban J connectivity index is 1.31. The quantitative estimate of drug-likeness (QED) is 0.281. The van der Waals surface area contributed by atoms with Crippen molar-refractivity contribution in [2.24, 2.45) is 5.92 Å². The molecule has 9 heteroatoms. The standard InChI is InChI=1S/C23H24N2O6S/c1-15(32-19-5-3-18(4-6-19)25(28)29)23(27)24-10-8-16(9-11-24)22(26)17-2-7-20-21(14-17)31-13-12-30-20/h2-7,14-16H,8-13H2,1H3. The van der Waals surface area contributed by atoms with E-state index < -0.39 is 4.92 Å². The first kappa shape index (κ1) is 22.1. The summed E-state index contributed by atoms with van der Waals surface area (Å²) in [5.74, 6) is 1.22. The van der Waals surface area contributed by atoms with E-state index in [1.165, 1.54) is 23.9 Å². The SMILES string of the molecule is CC(Sc1ccc([N+](=O)[O-])cc1)C(=O)N1CCC(C(=O)c2ccc3c(c2)OCCO3)CC1. The summed E-state index contributed by atoms with van der Waals surface area (Å²) in [4.78, 5) is 38.8. The number of ketones is 1. The Morgan fingerprint density at radius 3 is 2.38 bits per heavy atom. The van der Waals surface area contributed by atoms with Crippen LogP contribution in [-0.4, -0.2) is 53.1 Å². The molecule has 32 heavy (non-hydrogen) atoms. The van der Waals surface area contributed by atoms with E-state index in [2.05, 4.69) is 0 Å². The number of thioether (sulfide) groups is 1. The van der Waals surface area contributed by atoms with Crippen LogP contribution >= 0.6 is 11.8 Å². The largest absolute Gasteiger partial charge is 0.486 e. The van der Waals surface area contributed by atoms with E-state index in [4.69, 9.17) is 9.47 Å². The Kier molecular flexibility index (Phi) is 6.64. The summed E-state index contributed by atoms with van der Waals surface area (Å²) in [6.07, 6.45) is 1.24. The van der Waals surface area contributed by atoms with Crippen LogP contribution in [-0.2, 0) is 4.79 Å². The van der Waals surface area contributed by atoms with E-state index in [0.29, 0.717) is 56.2 Å². The Bertz CT molecular complexity index is 1020. The fraction of sp³-hybridized carbons (Fsp3) is 0.391. The molecule has 1 saturated heterocycles. The van der Waals surface area contributed by atoms with Gasteiger partial charge in [0.15, 0.2) is 17.3 Å². The molecule has 0 spiro atoms. The van der Waals surface area contributed by atoms with Gasteiger partial charge in [0, 0.05) is 41.6 Å². The fourth-order valence-electron chi connectivity index (χ4n) is 3.95. The Labute approximate surface area is 190 Å². The van der Waals surface area contributed by atoms with Crippen LogP contribution in [0.25, 0.3) is 0 Å². The molecule has 0 aliphatic carbocycles. The predicted octanol–water partition coefficient (Wildman–Crippen LogP) is 3.97. The predicted molar refractivity (Wildman–Crippen MR) is 119 cm³/mol. The number of carbonyl (C=O) groups excluding carboxylic acids is 2. The number of benzene rings is 2. The summed E-state index contributed by atoms with van der Waals surface area (Å²) in [6.45, 7) is 3.88. The van der Waals surface area contributed by atoms with Crippen molar-refractivity contribution in [3.63, 3.8) is 0 Å². The van der Waals surface area contributed by atoms with Gasteiger partial charge in [-0.15, -0.1) is 11.8 Å². The summed E-state index contributed by atoms with van der Waals surface area (Å²) in [7, 11) is 0. The van der Waals surface area contributed by atoms with Crippen LogP contribution in [0.4, 0.5) is 5.69 Å². The van der Waals surface area contributed by atoms with E-state index in [1.54, 1.807) is 35.2 Å². The Hall–Kier alpha value is -3.07. The number of hydrogen-bond acceptors (Lipinski definition) is 7. The van der Waals surface area contributed by atoms with Gasteiger partial charge in [0.25, 0.3) is 5.69 Å². The zero-order valence-electron chi connectivity index (χ0n) is 17.7. The summed E-state index contributed by atoms with van der Waals surface area (Å²) in [6, 6.07) is 11.5. The topological polar surface area (TPSA) is 99.0 Å². The minimum atomic E-state index is -0.445. The van der Waals surface area contributed by atoms with Crippen molar-refractivity contribution in [2.45, 2.75) is 29.9 Å². The number of nitro benzene ring substituents is 1. The minimum absolute atomic E-state index is 0.0126. The van der Waals surface area contributed by atoms with Crippen LogP contribution in [0.5, 0.6) is 11.5 Å². The monoisotopic (exact) mass is 456 g/mol. The molecule has 1 atom stereocenters. The highest BCUT2D eigenvalue weighted by Crippen LogP contribution is 2.33. The third kappa shape index (κ3) is 4.88. The molecule has 1 fully saturated rings. The van der Waals surface area contributed by atoms with Crippen molar-refractivity contribution >= 4 is 29.1 Å². The lowest BCUT2D eigenvalue weighted by Gasteiger charge is -2.33. The molecular formula is C23H24N2O6S. The van der Waals surface area contributed by atoms with Crippen LogP contribution < -0.4 is 9.47 Å². The van der Waals surface area contributed by atoms with Crippen molar-refractivity contribution in [1.29, 1.82) is 0 Å². The number of rotatable bonds is 6. The number of Topliss-reactive ketones (excluding diaryl/α,β-unsaturated/α-hetero) is 1. The van der Waals surface area contributed by atoms with Crippen LogP contribution in [0.2, 0.25) is 0 Å². The molecule has 2 aliphatic rings. The zero-order valence-corrected chi connectivity index (χ0v) is 18.5. The van der Waals surface area contributed by atoms with E-state index in [1.807, 2.05) is 6.92 Å². The van der Waals surface area contributed by atoms with Crippen molar-refractivity contribution in [3.05, 3.63) is 58.1 Å². The highest BCUT2D eigenvalue weighted by atomic mass is 32.2. The summed E-state index contributed by atoms with van der Waals surface area (Å²) >= 11 is 1.38. The van der Waals surface area contributed by atoms with Gasteiger partial charge >= 0.3 is 0 Å². The van der Waals surface area contributed by atoms with Crippen LogP contribution in [0.3, 0.4) is 0 Å². The van der Waals surface area contributed by atoms with Gasteiger partial charge in [-0.1, -0.05) is 0 Å². The molecule has 8 nitrogen and oxygen atoms in total. The molecule has 4 rings (SSSR count). The molecular weight excluding hydrogens is 432 g/mol. The van der Waals surface area contributed by atoms with Crippen LogP contribution in [0, 0.1) is 16.0 Å². The average Bonchev–Trinajstić information content (AvgIpc) is 2.83. The Morgan fingerprint density at radius 1 is 1.06 bits per heavy atom. The number of ether oxygens (including phenoxy) is 2. The first-order valence-corrected chi connectivity index (χ1v) is 11.4. The van der Waals surface area contributed by atoms with E-state index in [9.17, 15) is 19.7 Å². The molecule has 0 N–H and O–H groups in total. The molecule has 0 aromatic heterocycles. The number of fused-ring (bicyclic) bond motifs is 1. The Morgan fingerprint density at radius 2 is 1.72 bits per heavy atom. The highest BCUT2D eigenvalue weighted by Gasteiger charge is 2.30. The van der Waals surface area contributed by atoms with Gasteiger partial charge in [-0.25, -0.2) is 0 Å². The van der Waals surface area contributed by atoms with Gasteiger partial charge in [-0.2, -0.15) is 0 Å². The third-order valence-corrected chi connectivity index (χ3v) is 6.81. The first-order chi connectivity index (χ1) is 15.4. The van der Waals surface area contributed by atoms with Crippen molar-refractivity contribution < 1.29 is 24.0 Å². The van der Waals surface area contributed by atoms with E-state index >= 15 is 0 Å². The summed E-state index contributed by atoms with van der Waals surface area (Å²) in [5, 5.41) is 10.5. The number of nitrogens with zero attached hydrogens (tertiary/aromatic N) is 2. The number of likely N-dealkylation sites (tertiary alicyclic amines) is 1. The number of piperidine rings is 1. The maximum absolute atomic E-state index is 13.0.